The van der Waals surface area contributed by atoms with Gasteiger partial charge in [0.05, 0.1) is 17.4 Å². The molecule has 0 N–H and O–H groups in total. The topological polar surface area (TPSA) is 64.5 Å². The lowest BCUT2D eigenvalue weighted by atomic mass is 9.82. The summed E-state index contributed by atoms with van der Waals surface area (Å²) in [5, 5.41) is 0. The Kier molecular flexibility index (Phi) is 7.89. The number of piperidine rings is 1. The summed E-state index contributed by atoms with van der Waals surface area (Å²) in [6, 6.07) is 3.10. The first-order valence-electron chi connectivity index (χ1n) is 12.4. The molecule has 1 saturated heterocycles. The van der Waals surface area contributed by atoms with Crippen molar-refractivity contribution in [1.29, 1.82) is 0 Å². The molecule has 192 valence electrons. The Bertz CT molecular complexity index is 1070. The fourth-order valence-electron chi connectivity index (χ4n) is 4.48. The number of aryl methyl sites for hydroxylation is 2. The molecule has 6 nitrogen and oxygen atoms in total. The average Bonchev–Trinajstić information content (AvgIpc) is 2.71. The van der Waals surface area contributed by atoms with Crippen LogP contribution in [0.1, 0.15) is 84.4 Å². The Hall–Kier alpha value is -2.54. The normalized spacial score (nSPS) is 16.9. The zero-order chi connectivity index (χ0) is 26.1. The summed E-state index contributed by atoms with van der Waals surface area (Å²) in [5.41, 5.74) is 4.10. The first-order valence-corrected chi connectivity index (χ1v) is 12.4. The molecule has 0 unspecified atom stereocenters. The minimum atomic E-state index is -0.955. The van der Waals surface area contributed by atoms with Crippen molar-refractivity contribution in [3.05, 3.63) is 41.2 Å². The van der Waals surface area contributed by atoms with E-state index in [9.17, 15) is 9.18 Å². The van der Waals surface area contributed by atoms with Crippen LogP contribution in [0.15, 0.2) is 18.3 Å². The fourth-order valence-corrected chi connectivity index (χ4v) is 4.48. The number of ether oxygens (including phenoxy) is 2. The molecule has 1 atom stereocenters. The standard InChI is InChI=1S/C28H40FN3O3/c1-17(2)34-26(33)25(35-27(5,6)7)23-19(4)30-16-21(20-10-11-22(29)31-18(20)3)24(23)32-14-12-28(8,9)13-15-32/h10-11,16-17,25H,12-15H2,1-9H3/t25-/m0/s1. The van der Waals surface area contributed by atoms with E-state index in [-0.39, 0.29) is 11.5 Å². The van der Waals surface area contributed by atoms with Gasteiger partial charge in [0.2, 0.25) is 5.95 Å². The second-order valence-corrected chi connectivity index (χ2v) is 11.5. The third kappa shape index (κ3) is 6.57. The molecule has 1 aliphatic heterocycles. The molecule has 2 aromatic rings. The van der Waals surface area contributed by atoms with E-state index in [0.29, 0.717) is 17.0 Å². The molecule has 1 fully saturated rings. The highest BCUT2D eigenvalue weighted by atomic mass is 19.1. The molecule has 0 bridgehead atoms. The second-order valence-electron chi connectivity index (χ2n) is 11.5. The molecule has 3 rings (SSSR count). The summed E-state index contributed by atoms with van der Waals surface area (Å²) in [7, 11) is 0. The second kappa shape index (κ2) is 10.2. The van der Waals surface area contributed by atoms with Crippen molar-refractivity contribution in [1.82, 2.24) is 9.97 Å². The van der Waals surface area contributed by atoms with Crippen LogP contribution in [-0.2, 0) is 14.3 Å². The Morgan fingerprint density at radius 3 is 2.26 bits per heavy atom. The van der Waals surface area contributed by atoms with Crippen LogP contribution in [0.25, 0.3) is 11.1 Å². The van der Waals surface area contributed by atoms with Gasteiger partial charge in [-0.15, -0.1) is 0 Å². The van der Waals surface area contributed by atoms with E-state index < -0.39 is 23.6 Å². The average molecular weight is 486 g/mol. The number of aromatic nitrogens is 2. The number of carbonyl (C=O) groups excluding carboxylic acids is 1. The number of anilines is 1. The van der Waals surface area contributed by atoms with Crippen LogP contribution in [0.3, 0.4) is 0 Å². The van der Waals surface area contributed by atoms with Gasteiger partial charge in [0.15, 0.2) is 6.10 Å². The SMILES string of the molecule is Cc1nc(F)ccc1-c1cnc(C)c([C@H](OC(C)(C)C)C(=O)OC(C)C)c1N1CCC(C)(C)CC1. The first kappa shape index (κ1) is 27.1. The monoisotopic (exact) mass is 485 g/mol. The number of esters is 1. The van der Waals surface area contributed by atoms with Crippen molar-refractivity contribution >= 4 is 11.7 Å². The molecule has 0 aliphatic carbocycles. The van der Waals surface area contributed by atoms with Crippen LogP contribution in [-0.4, -0.2) is 40.7 Å². The summed E-state index contributed by atoms with van der Waals surface area (Å²) in [6.07, 6.45) is 2.58. The lowest BCUT2D eigenvalue weighted by molar-refractivity contribution is -0.171. The quantitative estimate of drug-likeness (QED) is 0.352. The van der Waals surface area contributed by atoms with Crippen molar-refractivity contribution in [2.24, 2.45) is 5.41 Å². The van der Waals surface area contributed by atoms with Crippen LogP contribution < -0.4 is 4.90 Å². The smallest absolute Gasteiger partial charge is 0.340 e. The molecule has 0 saturated carbocycles. The van der Waals surface area contributed by atoms with Crippen molar-refractivity contribution in [3.8, 4) is 11.1 Å². The third-order valence-electron chi connectivity index (χ3n) is 6.36. The molecule has 0 aromatic carbocycles. The van der Waals surface area contributed by atoms with Crippen molar-refractivity contribution in [3.63, 3.8) is 0 Å². The fraction of sp³-hybridized carbons (Fsp3) is 0.607. The summed E-state index contributed by atoms with van der Waals surface area (Å²) in [5.74, 6) is -0.966. The van der Waals surface area contributed by atoms with Gasteiger partial charge in [0, 0.05) is 47.4 Å². The van der Waals surface area contributed by atoms with Gasteiger partial charge in [-0.05, 0) is 78.9 Å². The molecule has 0 radical (unpaired) electrons. The van der Waals surface area contributed by atoms with E-state index in [2.05, 4.69) is 28.7 Å². The van der Waals surface area contributed by atoms with Crippen LogP contribution >= 0.6 is 0 Å². The van der Waals surface area contributed by atoms with Gasteiger partial charge in [0.1, 0.15) is 0 Å². The highest BCUT2D eigenvalue weighted by molar-refractivity contribution is 5.87. The van der Waals surface area contributed by atoms with Crippen LogP contribution in [0.4, 0.5) is 10.1 Å². The maximum Gasteiger partial charge on any atom is 0.340 e. The number of hydrogen-bond acceptors (Lipinski definition) is 6. The minimum absolute atomic E-state index is 0.240. The van der Waals surface area contributed by atoms with Crippen LogP contribution in [0.5, 0.6) is 0 Å². The lowest BCUT2D eigenvalue weighted by Gasteiger charge is -2.41. The van der Waals surface area contributed by atoms with Gasteiger partial charge >= 0.3 is 5.97 Å². The molecule has 0 amide bonds. The van der Waals surface area contributed by atoms with E-state index in [1.807, 2.05) is 41.5 Å². The first-order chi connectivity index (χ1) is 16.2. The zero-order valence-electron chi connectivity index (χ0n) is 22.7. The number of nitrogens with zero attached hydrogens (tertiary/aromatic N) is 3. The number of rotatable bonds is 6. The van der Waals surface area contributed by atoms with E-state index in [0.717, 1.165) is 42.7 Å². The minimum Gasteiger partial charge on any atom is -0.461 e. The molecule has 0 spiro atoms. The van der Waals surface area contributed by atoms with Crippen molar-refractivity contribution < 1.29 is 18.7 Å². The predicted octanol–water partition coefficient (Wildman–Crippen LogP) is 6.33. The molecule has 3 heterocycles. The largest absolute Gasteiger partial charge is 0.461 e. The molecular formula is C28H40FN3O3. The van der Waals surface area contributed by atoms with Gasteiger partial charge in [0.25, 0.3) is 0 Å². The van der Waals surface area contributed by atoms with Crippen LogP contribution in [0, 0.1) is 25.2 Å². The Morgan fingerprint density at radius 2 is 1.71 bits per heavy atom. The van der Waals surface area contributed by atoms with E-state index >= 15 is 0 Å². The Morgan fingerprint density at radius 1 is 1.09 bits per heavy atom. The van der Waals surface area contributed by atoms with Gasteiger partial charge < -0.3 is 14.4 Å². The maximum atomic E-state index is 13.9. The summed E-state index contributed by atoms with van der Waals surface area (Å²) in [4.78, 5) is 24.5. The van der Waals surface area contributed by atoms with Crippen molar-refractivity contribution in [2.45, 2.75) is 93.0 Å². The van der Waals surface area contributed by atoms with Gasteiger partial charge in [-0.25, -0.2) is 9.78 Å². The highest BCUT2D eigenvalue weighted by Crippen LogP contribution is 2.44. The van der Waals surface area contributed by atoms with Crippen LogP contribution in [0.2, 0.25) is 0 Å². The van der Waals surface area contributed by atoms with Gasteiger partial charge in [-0.1, -0.05) is 13.8 Å². The number of carbonyl (C=O) groups is 1. The van der Waals surface area contributed by atoms with E-state index in [4.69, 9.17) is 9.47 Å². The summed E-state index contributed by atoms with van der Waals surface area (Å²) < 4.78 is 25.9. The van der Waals surface area contributed by atoms with Gasteiger partial charge in [-0.3, -0.25) is 4.98 Å². The van der Waals surface area contributed by atoms with E-state index in [1.165, 1.54) is 6.07 Å². The number of hydrogen-bond donors (Lipinski definition) is 0. The molecule has 7 heteroatoms. The molecule has 1 aliphatic rings. The molecule has 2 aromatic heterocycles. The zero-order valence-corrected chi connectivity index (χ0v) is 22.7. The predicted molar refractivity (Wildman–Crippen MR) is 137 cm³/mol. The van der Waals surface area contributed by atoms with Crippen molar-refractivity contribution in [2.75, 3.05) is 18.0 Å². The molecular weight excluding hydrogens is 445 g/mol. The summed E-state index contributed by atoms with van der Waals surface area (Å²) >= 11 is 0. The third-order valence-corrected chi connectivity index (χ3v) is 6.36. The lowest BCUT2D eigenvalue weighted by Crippen LogP contribution is -2.39. The Labute approximate surface area is 209 Å². The maximum absolute atomic E-state index is 13.9. The van der Waals surface area contributed by atoms with E-state index in [1.54, 1.807) is 19.2 Å². The number of halogens is 1. The molecule has 35 heavy (non-hydrogen) atoms. The Balaban J connectivity index is 2.28. The van der Waals surface area contributed by atoms with Gasteiger partial charge in [-0.2, -0.15) is 4.39 Å². The summed E-state index contributed by atoms with van der Waals surface area (Å²) in [6.45, 7) is 19.3. The highest BCUT2D eigenvalue weighted by Gasteiger charge is 2.37. The number of pyridine rings is 2.